The largest absolute Gasteiger partial charge is 0.378 e. The van der Waals surface area contributed by atoms with Gasteiger partial charge in [0.05, 0.1) is 12.3 Å². The summed E-state index contributed by atoms with van der Waals surface area (Å²) >= 11 is 5.57. The van der Waals surface area contributed by atoms with Crippen molar-refractivity contribution in [2.24, 2.45) is 0 Å². The van der Waals surface area contributed by atoms with E-state index in [1.54, 1.807) is 0 Å². The maximum atomic E-state index is 13.2. The van der Waals surface area contributed by atoms with E-state index in [0.29, 0.717) is 6.54 Å². The first kappa shape index (κ1) is 11.5. The van der Waals surface area contributed by atoms with Gasteiger partial charge >= 0.3 is 0 Å². The predicted molar refractivity (Wildman–Crippen MR) is 59.1 cm³/mol. The first-order valence-electron chi connectivity index (χ1n) is 5.29. The maximum Gasteiger partial charge on any atom is 0.224 e. The summed E-state index contributed by atoms with van der Waals surface area (Å²) in [6.07, 6.45) is 4.38. The number of hydrogen-bond donors (Lipinski definition) is 1. The molecule has 1 saturated heterocycles. The van der Waals surface area contributed by atoms with Gasteiger partial charge in [0.2, 0.25) is 5.28 Å². The monoisotopic (exact) mass is 245 g/mol. The Hall–Kier alpha value is -0.940. The van der Waals surface area contributed by atoms with Gasteiger partial charge in [0.25, 0.3) is 0 Å². The molecule has 2 rings (SSSR count). The van der Waals surface area contributed by atoms with Crippen molar-refractivity contribution in [3.8, 4) is 0 Å². The maximum absolute atomic E-state index is 13.2. The molecule has 1 aliphatic rings. The van der Waals surface area contributed by atoms with Gasteiger partial charge in [0, 0.05) is 13.2 Å². The molecule has 88 valence electrons. The minimum Gasteiger partial charge on any atom is -0.378 e. The second-order valence-electron chi connectivity index (χ2n) is 3.69. The van der Waals surface area contributed by atoms with Crippen LogP contribution in [0, 0.1) is 5.82 Å². The molecule has 4 nitrogen and oxygen atoms in total. The average Bonchev–Trinajstić information content (AvgIpc) is 2.76. The van der Waals surface area contributed by atoms with Crippen molar-refractivity contribution in [1.29, 1.82) is 0 Å². The Balaban J connectivity index is 1.82. The fraction of sp³-hybridized carbons (Fsp3) is 0.600. The van der Waals surface area contributed by atoms with E-state index < -0.39 is 5.82 Å². The molecule has 0 radical (unpaired) electrons. The summed E-state index contributed by atoms with van der Waals surface area (Å²) in [6, 6.07) is 0. The predicted octanol–water partition coefficient (Wildman–Crippen LogP) is 2.25. The van der Waals surface area contributed by atoms with E-state index in [2.05, 4.69) is 15.3 Å². The van der Waals surface area contributed by atoms with Gasteiger partial charge in [-0.05, 0) is 30.9 Å². The summed E-state index contributed by atoms with van der Waals surface area (Å²) in [4.78, 5) is 7.30. The Morgan fingerprint density at radius 1 is 1.62 bits per heavy atom. The van der Waals surface area contributed by atoms with Gasteiger partial charge < -0.3 is 10.1 Å². The average molecular weight is 246 g/mol. The normalized spacial score (nSPS) is 20.0. The smallest absolute Gasteiger partial charge is 0.224 e. The fourth-order valence-corrected chi connectivity index (χ4v) is 1.83. The SMILES string of the molecule is Fc1cnc(Cl)nc1NCCC1CCCO1. The van der Waals surface area contributed by atoms with Crippen molar-refractivity contribution in [2.45, 2.75) is 25.4 Å². The van der Waals surface area contributed by atoms with E-state index >= 15 is 0 Å². The van der Waals surface area contributed by atoms with E-state index in [1.165, 1.54) is 0 Å². The molecule has 0 saturated carbocycles. The summed E-state index contributed by atoms with van der Waals surface area (Å²) in [5.74, 6) is -0.338. The van der Waals surface area contributed by atoms with Crippen molar-refractivity contribution in [1.82, 2.24) is 9.97 Å². The Morgan fingerprint density at radius 2 is 2.50 bits per heavy atom. The third-order valence-electron chi connectivity index (χ3n) is 2.50. The fourth-order valence-electron chi connectivity index (χ4n) is 1.69. The summed E-state index contributed by atoms with van der Waals surface area (Å²) in [7, 11) is 0. The molecule has 1 atom stereocenters. The Labute approximate surface area is 98.2 Å². The number of halogens is 2. The number of hydrogen-bond acceptors (Lipinski definition) is 4. The summed E-state index contributed by atoms with van der Waals surface area (Å²) in [5, 5.41) is 2.93. The molecule has 1 unspecified atom stereocenters. The molecule has 0 aliphatic carbocycles. The Bertz CT molecular complexity index is 358. The van der Waals surface area contributed by atoms with Gasteiger partial charge in [0.1, 0.15) is 0 Å². The van der Waals surface area contributed by atoms with Gasteiger partial charge in [0.15, 0.2) is 11.6 Å². The molecule has 1 aromatic heterocycles. The van der Waals surface area contributed by atoms with E-state index in [4.69, 9.17) is 16.3 Å². The topological polar surface area (TPSA) is 47.0 Å². The number of nitrogens with one attached hydrogen (secondary N) is 1. The molecule has 1 aromatic rings. The number of ether oxygens (including phenoxy) is 1. The van der Waals surface area contributed by atoms with Gasteiger partial charge in [-0.3, -0.25) is 0 Å². The molecule has 1 aliphatic heterocycles. The zero-order valence-electron chi connectivity index (χ0n) is 8.75. The lowest BCUT2D eigenvalue weighted by Crippen LogP contribution is -2.14. The lowest BCUT2D eigenvalue weighted by atomic mass is 10.2. The van der Waals surface area contributed by atoms with Crippen LogP contribution >= 0.6 is 11.6 Å². The highest BCUT2D eigenvalue weighted by Gasteiger charge is 2.15. The molecule has 6 heteroatoms. The van der Waals surface area contributed by atoms with Crippen LogP contribution in [0.1, 0.15) is 19.3 Å². The molecule has 0 amide bonds. The molecular weight excluding hydrogens is 233 g/mol. The van der Waals surface area contributed by atoms with Crippen molar-refractivity contribution in [3.63, 3.8) is 0 Å². The summed E-state index contributed by atoms with van der Waals surface area (Å²) in [6.45, 7) is 1.45. The molecule has 0 bridgehead atoms. The highest BCUT2D eigenvalue weighted by atomic mass is 35.5. The van der Waals surface area contributed by atoms with Gasteiger partial charge in [-0.1, -0.05) is 0 Å². The van der Waals surface area contributed by atoms with Crippen molar-refractivity contribution >= 4 is 17.4 Å². The number of rotatable bonds is 4. The van der Waals surface area contributed by atoms with Crippen molar-refractivity contribution in [2.75, 3.05) is 18.5 Å². The van der Waals surface area contributed by atoms with Crippen LogP contribution in [0.5, 0.6) is 0 Å². The van der Waals surface area contributed by atoms with E-state index in [-0.39, 0.29) is 17.2 Å². The molecule has 16 heavy (non-hydrogen) atoms. The number of aromatic nitrogens is 2. The van der Waals surface area contributed by atoms with Gasteiger partial charge in [-0.2, -0.15) is 4.98 Å². The highest BCUT2D eigenvalue weighted by molar-refractivity contribution is 6.28. The zero-order valence-corrected chi connectivity index (χ0v) is 9.50. The highest BCUT2D eigenvalue weighted by Crippen LogP contribution is 2.16. The summed E-state index contributed by atoms with van der Waals surface area (Å²) < 4.78 is 18.6. The summed E-state index contributed by atoms with van der Waals surface area (Å²) in [5.41, 5.74) is 0. The third kappa shape index (κ3) is 3.02. The van der Waals surface area contributed by atoms with Crippen LogP contribution < -0.4 is 5.32 Å². The standard InChI is InChI=1S/C10H13ClFN3O/c11-10-14-6-8(12)9(15-10)13-4-3-7-2-1-5-16-7/h6-7H,1-5H2,(H,13,14,15). The van der Waals surface area contributed by atoms with Crippen LogP contribution in [0.3, 0.4) is 0 Å². The molecule has 2 heterocycles. The lowest BCUT2D eigenvalue weighted by molar-refractivity contribution is 0.107. The van der Waals surface area contributed by atoms with Gasteiger partial charge in [-0.25, -0.2) is 9.37 Å². The van der Waals surface area contributed by atoms with E-state index in [9.17, 15) is 4.39 Å². The first-order chi connectivity index (χ1) is 7.75. The second-order valence-corrected chi connectivity index (χ2v) is 4.02. The zero-order chi connectivity index (χ0) is 11.4. The van der Waals surface area contributed by atoms with Crippen LogP contribution in [0.15, 0.2) is 6.20 Å². The van der Waals surface area contributed by atoms with Crippen LogP contribution in [0.4, 0.5) is 10.2 Å². The van der Waals surface area contributed by atoms with Crippen molar-refractivity contribution in [3.05, 3.63) is 17.3 Å². The third-order valence-corrected chi connectivity index (χ3v) is 2.68. The van der Waals surface area contributed by atoms with Crippen molar-refractivity contribution < 1.29 is 9.13 Å². The molecule has 0 aromatic carbocycles. The van der Waals surface area contributed by atoms with Crippen LogP contribution in [0.25, 0.3) is 0 Å². The molecule has 0 spiro atoms. The lowest BCUT2D eigenvalue weighted by Gasteiger charge is -2.10. The minimum atomic E-state index is -0.489. The Kier molecular flexibility index (Phi) is 3.90. The quantitative estimate of drug-likeness (QED) is 0.827. The van der Waals surface area contributed by atoms with E-state index in [0.717, 1.165) is 32.1 Å². The molecule has 1 fully saturated rings. The number of anilines is 1. The second kappa shape index (κ2) is 5.41. The molecule has 1 N–H and O–H groups in total. The number of nitrogens with zero attached hydrogens (tertiary/aromatic N) is 2. The van der Waals surface area contributed by atoms with Gasteiger partial charge in [-0.15, -0.1) is 0 Å². The van der Waals surface area contributed by atoms with Crippen LogP contribution in [-0.2, 0) is 4.74 Å². The first-order valence-corrected chi connectivity index (χ1v) is 5.67. The van der Waals surface area contributed by atoms with Crippen LogP contribution in [-0.4, -0.2) is 29.2 Å². The van der Waals surface area contributed by atoms with Crippen LogP contribution in [0.2, 0.25) is 5.28 Å². The minimum absolute atomic E-state index is 0.0426. The molecular formula is C10H13ClFN3O. The Morgan fingerprint density at radius 3 is 3.25 bits per heavy atom. The van der Waals surface area contributed by atoms with E-state index in [1.807, 2.05) is 0 Å².